The Kier molecular flexibility index (Phi) is 2.17. The number of hydrogen-bond donors (Lipinski definition) is 1. The maximum Gasteiger partial charge on any atom is 0.315 e. The minimum absolute atomic E-state index is 0.221. The maximum atomic E-state index is 12.9. The predicted octanol–water partition coefficient (Wildman–Crippen LogP) is 0.349. The molecule has 15 heavy (non-hydrogen) atoms. The highest BCUT2D eigenvalue weighted by Gasteiger charge is 2.01. The molecule has 0 saturated carbocycles. The molecule has 5 nitrogen and oxygen atoms in total. The second kappa shape index (κ2) is 3.49. The van der Waals surface area contributed by atoms with E-state index in [0.717, 1.165) is 0 Å². The highest BCUT2D eigenvalue weighted by molar-refractivity contribution is 5.32. The van der Waals surface area contributed by atoms with Crippen molar-refractivity contribution in [3.8, 4) is 5.69 Å². The third-order valence-corrected chi connectivity index (χ3v) is 1.79. The lowest BCUT2D eigenvalue weighted by Gasteiger charge is -2.03. The van der Waals surface area contributed by atoms with Crippen LogP contribution >= 0.6 is 0 Å². The molecule has 0 aliphatic rings. The monoisotopic (exact) mass is 206 g/mol. The molecule has 2 rings (SSSR count). The lowest BCUT2D eigenvalue weighted by molar-refractivity contribution is 0.624. The van der Waals surface area contributed by atoms with E-state index in [1.807, 2.05) is 0 Å². The summed E-state index contributed by atoms with van der Waals surface area (Å²) in [4.78, 5) is 14.4. The summed E-state index contributed by atoms with van der Waals surface area (Å²) in [5.41, 5.74) is 5.15. The van der Waals surface area contributed by atoms with Crippen LogP contribution in [0.3, 0.4) is 0 Å². The Labute approximate surface area is 84.0 Å². The summed E-state index contributed by atoms with van der Waals surface area (Å²) < 4.78 is 14.1. The van der Waals surface area contributed by atoms with Crippen molar-refractivity contribution in [1.82, 2.24) is 14.8 Å². The van der Waals surface area contributed by atoms with Gasteiger partial charge in [0.05, 0.1) is 5.69 Å². The number of hydrogen-bond acceptors (Lipinski definition) is 4. The number of nitrogens with two attached hydrogens (primary N) is 1. The number of nitrogens with zero attached hydrogens (tertiary/aromatic N) is 3. The Hall–Kier alpha value is -2.24. The SMILES string of the molecule is Nc1nn(-c2cccc(F)c2)cnc1=O. The quantitative estimate of drug-likeness (QED) is 0.730. The molecule has 0 aliphatic heterocycles. The molecule has 0 bridgehead atoms. The second-order valence-electron chi connectivity index (χ2n) is 2.86. The van der Waals surface area contributed by atoms with Crippen LogP contribution in [-0.4, -0.2) is 14.8 Å². The number of aromatic nitrogens is 3. The minimum Gasteiger partial charge on any atom is -0.378 e. The van der Waals surface area contributed by atoms with E-state index < -0.39 is 11.4 Å². The molecule has 0 aliphatic carbocycles. The van der Waals surface area contributed by atoms with Gasteiger partial charge in [-0.05, 0) is 18.2 Å². The Bertz CT molecular complexity index is 552. The van der Waals surface area contributed by atoms with E-state index in [1.54, 1.807) is 6.07 Å². The first-order valence-electron chi connectivity index (χ1n) is 4.14. The lowest BCUT2D eigenvalue weighted by Crippen LogP contribution is -2.18. The van der Waals surface area contributed by atoms with Crippen molar-refractivity contribution in [2.24, 2.45) is 0 Å². The van der Waals surface area contributed by atoms with Gasteiger partial charge in [-0.1, -0.05) is 6.07 Å². The number of anilines is 1. The van der Waals surface area contributed by atoms with Crippen LogP contribution in [0.5, 0.6) is 0 Å². The second-order valence-corrected chi connectivity index (χ2v) is 2.86. The van der Waals surface area contributed by atoms with Crippen molar-refractivity contribution in [2.45, 2.75) is 0 Å². The standard InChI is InChI=1S/C9H7FN4O/c10-6-2-1-3-7(4-6)14-5-12-9(15)8(11)13-14/h1-5H,(H2,11,13). The zero-order valence-corrected chi connectivity index (χ0v) is 7.59. The van der Waals surface area contributed by atoms with E-state index in [9.17, 15) is 9.18 Å². The summed E-state index contributed by atoms with van der Waals surface area (Å²) in [6, 6.07) is 5.73. The van der Waals surface area contributed by atoms with Gasteiger partial charge in [0, 0.05) is 0 Å². The molecule has 76 valence electrons. The molecule has 1 heterocycles. The van der Waals surface area contributed by atoms with Crippen LogP contribution in [0.2, 0.25) is 0 Å². The van der Waals surface area contributed by atoms with Crippen molar-refractivity contribution >= 4 is 5.82 Å². The Morgan fingerprint density at radius 1 is 1.40 bits per heavy atom. The topological polar surface area (TPSA) is 73.8 Å². The highest BCUT2D eigenvalue weighted by Crippen LogP contribution is 2.06. The van der Waals surface area contributed by atoms with Gasteiger partial charge >= 0.3 is 5.56 Å². The zero-order chi connectivity index (χ0) is 10.8. The largest absolute Gasteiger partial charge is 0.378 e. The molecule has 0 saturated heterocycles. The molecule has 0 amide bonds. The summed E-state index contributed by atoms with van der Waals surface area (Å²) in [6.07, 6.45) is 1.19. The normalized spacial score (nSPS) is 10.2. The predicted molar refractivity (Wildman–Crippen MR) is 52.0 cm³/mol. The fourth-order valence-electron chi connectivity index (χ4n) is 1.10. The summed E-state index contributed by atoms with van der Waals surface area (Å²) in [5.74, 6) is -0.617. The number of rotatable bonds is 1. The summed E-state index contributed by atoms with van der Waals surface area (Å²) in [7, 11) is 0. The molecule has 2 N–H and O–H groups in total. The van der Waals surface area contributed by atoms with E-state index >= 15 is 0 Å². The smallest absolute Gasteiger partial charge is 0.315 e. The fraction of sp³-hybridized carbons (Fsp3) is 0. The van der Waals surface area contributed by atoms with Crippen molar-refractivity contribution in [3.63, 3.8) is 0 Å². The average molecular weight is 206 g/mol. The third-order valence-electron chi connectivity index (χ3n) is 1.79. The van der Waals surface area contributed by atoms with Crippen LogP contribution in [-0.2, 0) is 0 Å². The fourth-order valence-corrected chi connectivity index (χ4v) is 1.10. The van der Waals surface area contributed by atoms with E-state index in [1.165, 1.54) is 29.2 Å². The van der Waals surface area contributed by atoms with Gasteiger partial charge in [0.1, 0.15) is 12.1 Å². The van der Waals surface area contributed by atoms with Crippen LogP contribution in [0, 0.1) is 5.82 Å². The molecule has 2 aromatic rings. The number of benzene rings is 1. The molecule has 0 unspecified atom stereocenters. The average Bonchev–Trinajstić information content (AvgIpc) is 2.22. The summed E-state index contributed by atoms with van der Waals surface area (Å²) >= 11 is 0. The van der Waals surface area contributed by atoms with E-state index in [-0.39, 0.29) is 5.82 Å². The number of halogens is 1. The van der Waals surface area contributed by atoms with Crippen molar-refractivity contribution in [1.29, 1.82) is 0 Å². The van der Waals surface area contributed by atoms with Crippen LogP contribution in [0.15, 0.2) is 35.4 Å². The molecule has 1 aromatic carbocycles. The maximum absolute atomic E-state index is 12.9. The van der Waals surface area contributed by atoms with Gasteiger partial charge in [0.15, 0.2) is 0 Å². The van der Waals surface area contributed by atoms with Crippen LogP contribution < -0.4 is 11.3 Å². The first-order chi connectivity index (χ1) is 7.16. The van der Waals surface area contributed by atoms with Gasteiger partial charge in [0.25, 0.3) is 0 Å². The lowest BCUT2D eigenvalue weighted by atomic mass is 10.3. The van der Waals surface area contributed by atoms with E-state index in [2.05, 4.69) is 10.1 Å². The van der Waals surface area contributed by atoms with Gasteiger partial charge in [-0.2, -0.15) is 4.98 Å². The molecule has 0 radical (unpaired) electrons. The van der Waals surface area contributed by atoms with Crippen molar-refractivity contribution in [2.75, 3.05) is 5.73 Å². The first kappa shape index (κ1) is 9.32. The van der Waals surface area contributed by atoms with Crippen LogP contribution in [0.25, 0.3) is 5.69 Å². The van der Waals surface area contributed by atoms with Gasteiger partial charge in [-0.25, -0.2) is 9.07 Å². The van der Waals surface area contributed by atoms with Gasteiger partial charge in [0.2, 0.25) is 5.82 Å². The summed E-state index contributed by atoms with van der Waals surface area (Å²) in [6.45, 7) is 0. The Morgan fingerprint density at radius 2 is 2.20 bits per heavy atom. The molecule has 6 heteroatoms. The van der Waals surface area contributed by atoms with Crippen molar-refractivity contribution < 1.29 is 4.39 Å². The van der Waals surface area contributed by atoms with E-state index in [0.29, 0.717) is 5.69 Å². The van der Waals surface area contributed by atoms with Gasteiger partial charge in [-0.3, -0.25) is 4.79 Å². The minimum atomic E-state index is -0.595. The van der Waals surface area contributed by atoms with Crippen molar-refractivity contribution in [3.05, 3.63) is 46.8 Å². The van der Waals surface area contributed by atoms with Crippen LogP contribution in [0.1, 0.15) is 0 Å². The Morgan fingerprint density at radius 3 is 2.87 bits per heavy atom. The third kappa shape index (κ3) is 1.83. The van der Waals surface area contributed by atoms with Gasteiger partial charge in [-0.15, -0.1) is 5.10 Å². The molecule has 0 spiro atoms. The van der Waals surface area contributed by atoms with E-state index in [4.69, 9.17) is 5.73 Å². The summed E-state index contributed by atoms with van der Waals surface area (Å²) in [5, 5.41) is 3.74. The Balaban J connectivity index is 2.55. The first-order valence-corrected chi connectivity index (χ1v) is 4.14. The number of nitrogen functional groups attached to an aromatic ring is 1. The highest BCUT2D eigenvalue weighted by atomic mass is 19.1. The van der Waals surface area contributed by atoms with Gasteiger partial charge < -0.3 is 5.73 Å². The molecule has 1 aromatic heterocycles. The molecular weight excluding hydrogens is 199 g/mol. The van der Waals surface area contributed by atoms with Crippen LogP contribution in [0.4, 0.5) is 10.2 Å². The molecule has 0 atom stereocenters. The zero-order valence-electron chi connectivity index (χ0n) is 7.59. The molecule has 0 fully saturated rings. The molecular formula is C9H7FN4O.